The zero-order valence-electron chi connectivity index (χ0n) is 13.3. The second-order valence-corrected chi connectivity index (χ2v) is 6.34. The maximum absolute atomic E-state index is 4.53. The van der Waals surface area contributed by atoms with Gasteiger partial charge in [-0.15, -0.1) is 0 Å². The van der Waals surface area contributed by atoms with Crippen molar-refractivity contribution < 1.29 is 0 Å². The Hall–Kier alpha value is -0.990. The molecular formula is C17H31N3. The van der Waals surface area contributed by atoms with Gasteiger partial charge in [-0.1, -0.05) is 51.9 Å². The molecule has 2 rings (SSSR count). The Morgan fingerprint density at radius 1 is 1.25 bits per heavy atom. The van der Waals surface area contributed by atoms with E-state index in [1.54, 1.807) is 0 Å². The molecule has 1 heterocycles. The van der Waals surface area contributed by atoms with E-state index in [0.717, 1.165) is 5.95 Å². The average molecular weight is 277 g/mol. The number of anilines is 1. The maximum atomic E-state index is 4.53. The van der Waals surface area contributed by atoms with Crippen molar-refractivity contribution in [1.82, 2.24) is 9.55 Å². The van der Waals surface area contributed by atoms with E-state index < -0.39 is 0 Å². The van der Waals surface area contributed by atoms with Crippen LogP contribution >= 0.6 is 0 Å². The van der Waals surface area contributed by atoms with Gasteiger partial charge in [-0.2, -0.15) is 0 Å². The molecule has 1 aliphatic carbocycles. The molecule has 20 heavy (non-hydrogen) atoms. The van der Waals surface area contributed by atoms with Crippen molar-refractivity contribution in [3.05, 3.63) is 12.4 Å². The van der Waals surface area contributed by atoms with E-state index in [2.05, 4.69) is 34.9 Å². The van der Waals surface area contributed by atoms with Crippen LogP contribution in [0.2, 0.25) is 0 Å². The first-order chi connectivity index (χ1) is 9.81. The SMILES string of the molecule is CCCCCCC(C)n1ccnc1NC1CCCCC1. The van der Waals surface area contributed by atoms with Gasteiger partial charge in [-0.05, 0) is 26.2 Å². The molecule has 114 valence electrons. The van der Waals surface area contributed by atoms with Crippen molar-refractivity contribution >= 4 is 5.95 Å². The van der Waals surface area contributed by atoms with E-state index in [1.807, 2.05) is 6.20 Å². The summed E-state index contributed by atoms with van der Waals surface area (Å²) in [7, 11) is 0. The highest BCUT2D eigenvalue weighted by molar-refractivity contribution is 5.28. The molecule has 3 nitrogen and oxygen atoms in total. The van der Waals surface area contributed by atoms with E-state index >= 15 is 0 Å². The standard InChI is InChI=1S/C17H31N3/c1-3-4-5-7-10-15(2)20-14-13-18-17(20)19-16-11-8-6-9-12-16/h13-16H,3-12H2,1-2H3,(H,18,19). The summed E-state index contributed by atoms with van der Waals surface area (Å²) in [5, 5.41) is 3.66. The van der Waals surface area contributed by atoms with Gasteiger partial charge in [-0.25, -0.2) is 4.98 Å². The molecule has 0 spiro atoms. The lowest BCUT2D eigenvalue weighted by Crippen LogP contribution is -2.24. The first-order valence-corrected chi connectivity index (χ1v) is 8.60. The topological polar surface area (TPSA) is 29.9 Å². The lowest BCUT2D eigenvalue weighted by Gasteiger charge is -2.25. The Morgan fingerprint density at radius 3 is 2.80 bits per heavy atom. The quantitative estimate of drug-likeness (QED) is 0.665. The van der Waals surface area contributed by atoms with Crippen LogP contribution in [-0.4, -0.2) is 15.6 Å². The van der Waals surface area contributed by atoms with E-state index in [0.29, 0.717) is 12.1 Å². The van der Waals surface area contributed by atoms with Crippen molar-refractivity contribution in [2.24, 2.45) is 0 Å². The Labute approximate surface area is 124 Å². The van der Waals surface area contributed by atoms with Crippen molar-refractivity contribution in [3.63, 3.8) is 0 Å². The van der Waals surface area contributed by atoms with Crippen LogP contribution in [0.25, 0.3) is 0 Å². The van der Waals surface area contributed by atoms with E-state index in [1.165, 1.54) is 64.2 Å². The molecule has 0 radical (unpaired) electrons. The number of rotatable bonds is 8. The van der Waals surface area contributed by atoms with Gasteiger partial charge in [0.05, 0.1) is 0 Å². The largest absolute Gasteiger partial charge is 0.353 e. The predicted molar refractivity (Wildman–Crippen MR) is 86.2 cm³/mol. The molecule has 0 aliphatic heterocycles. The number of imidazole rings is 1. The number of aromatic nitrogens is 2. The first kappa shape index (κ1) is 15.4. The minimum Gasteiger partial charge on any atom is -0.353 e. The highest BCUT2D eigenvalue weighted by Gasteiger charge is 2.16. The fraction of sp³-hybridized carbons (Fsp3) is 0.824. The second-order valence-electron chi connectivity index (χ2n) is 6.34. The Balaban J connectivity index is 1.83. The normalized spacial score (nSPS) is 18.1. The zero-order valence-corrected chi connectivity index (χ0v) is 13.3. The number of unbranched alkanes of at least 4 members (excludes halogenated alkanes) is 3. The summed E-state index contributed by atoms with van der Waals surface area (Å²) in [5.41, 5.74) is 0. The maximum Gasteiger partial charge on any atom is 0.203 e. The fourth-order valence-electron chi connectivity index (χ4n) is 3.22. The Morgan fingerprint density at radius 2 is 2.05 bits per heavy atom. The van der Waals surface area contributed by atoms with E-state index in [-0.39, 0.29) is 0 Å². The molecule has 1 fully saturated rings. The highest BCUT2D eigenvalue weighted by atomic mass is 15.2. The van der Waals surface area contributed by atoms with Gasteiger partial charge < -0.3 is 9.88 Å². The van der Waals surface area contributed by atoms with Crippen LogP contribution < -0.4 is 5.32 Å². The summed E-state index contributed by atoms with van der Waals surface area (Å²) in [6, 6.07) is 1.19. The van der Waals surface area contributed by atoms with Crippen molar-refractivity contribution in [2.75, 3.05) is 5.32 Å². The van der Waals surface area contributed by atoms with Crippen LogP contribution in [-0.2, 0) is 0 Å². The molecule has 1 saturated carbocycles. The first-order valence-electron chi connectivity index (χ1n) is 8.60. The van der Waals surface area contributed by atoms with Gasteiger partial charge >= 0.3 is 0 Å². The summed E-state index contributed by atoms with van der Waals surface area (Å²) in [6.07, 6.45) is 17.4. The van der Waals surface area contributed by atoms with Crippen LogP contribution in [0.3, 0.4) is 0 Å². The minimum atomic E-state index is 0.556. The molecule has 1 aliphatic rings. The summed E-state index contributed by atoms with van der Waals surface area (Å²) in [5.74, 6) is 1.08. The van der Waals surface area contributed by atoms with Crippen LogP contribution in [0.1, 0.15) is 84.1 Å². The number of nitrogens with zero attached hydrogens (tertiary/aromatic N) is 2. The number of hydrogen-bond donors (Lipinski definition) is 1. The fourth-order valence-corrected chi connectivity index (χ4v) is 3.22. The van der Waals surface area contributed by atoms with E-state index in [9.17, 15) is 0 Å². The van der Waals surface area contributed by atoms with Gasteiger partial charge in [0.1, 0.15) is 0 Å². The Kier molecular flexibility index (Phi) is 6.41. The van der Waals surface area contributed by atoms with Gasteiger partial charge in [0.2, 0.25) is 5.95 Å². The van der Waals surface area contributed by atoms with Crippen LogP contribution in [0, 0.1) is 0 Å². The predicted octanol–water partition coefficient (Wildman–Crippen LogP) is 5.16. The molecule has 0 saturated heterocycles. The third-order valence-corrected chi connectivity index (χ3v) is 4.56. The lowest BCUT2D eigenvalue weighted by molar-refractivity contribution is 0.447. The van der Waals surface area contributed by atoms with Crippen LogP contribution in [0.4, 0.5) is 5.95 Å². The highest BCUT2D eigenvalue weighted by Crippen LogP contribution is 2.24. The summed E-state index contributed by atoms with van der Waals surface area (Å²) >= 11 is 0. The molecule has 0 bridgehead atoms. The zero-order chi connectivity index (χ0) is 14.2. The molecule has 1 unspecified atom stereocenters. The second kappa shape index (κ2) is 8.33. The molecule has 1 aromatic heterocycles. The van der Waals surface area contributed by atoms with E-state index in [4.69, 9.17) is 0 Å². The molecule has 3 heteroatoms. The van der Waals surface area contributed by atoms with Gasteiger partial charge in [0, 0.05) is 24.5 Å². The van der Waals surface area contributed by atoms with Gasteiger partial charge in [0.25, 0.3) is 0 Å². The molecule has 1 atom stereocenters. The summed E-state index contributed by atoms with van der Waals surface area (Å²) in [4.78, 5) is 4.53. The van der Waals surface area contributed by atoms with Crippen LogP contribution in [0.15, 0.2) is 12.4 Å². The third kappa shape index (κ3) is 4.53. The third-order valence-electron chi connectivity index (χ3n) is 4.56. The minimum absolute atomic E-state index is 0.556. The van der Waals surface area contributed by atoms with Crippen LogP contribution in [0.5, 0.6) is 0 Å². The lowest BCUT2D eigenvalue weighted by atomic mass is 9.96. The van der Waals surface area contributed by atoms with Gasteiger partial charge in [0.15, 0.2) is 0 Å². The Bertz CT molecular complexity index is 366. The monoisotopic (exact) mass is 277 g/mol. The number of nitrogens with one attached hydrogen (secondary N) is 1. The number of hydrogen-bond acceptors (Lipinski definition) is 2. The van der Waals surface area contributed by atoms with Crippen molar-refractivity contribution in [3.8, 4) is 0 Å². The molecule has 1 N–H and O–H groups in total. The van der Waals surface area contributed by atoms with Crippen molar-refractivity contribution in [2.45, 2.75) is 90.1 Å². The smallest absolute Gasteiger partial charge is 0.203 e. The summed E-state index contributed by atoms with van der Waals surface area (Å²) < 4.78 is 2.33. The van der Waals surface area contributed by atoms with Gasteiger partial charge in [-0.3, -0.25) is 0 Å². The molecule has 0 aromatic carbocycles. The van der Waals surface area contributed by atoms with Crippen molar-refractivity contribution in [1.29, 1.82) is 0 Å². The summed E-state index contributed by atoms with van der Waals surface area (Å²) in [6.45, 7) is 4.59. The molecule has 0 amide bonds. The average Bonchev–Trinajstić information content (AvgIpc) is 2.93. The molecular weight excluding hydrogens is 246 g/mol. The molecule has 1 aromatic rings.